The topological polar surface area (TPSA) is 51.7 Å². The number of rotatable bonds is 4. The van der Waals surface area contributed by atoms with E-state index >= 15 is 0 Å². The lowest BCUT2D eigenvalue weighted by atomic mass is 10.1. The highest BCUT2D eigenvalue weighted by atomic mass is 16.5. The van der Waals surface area contributed by atoms with Gasteiger partial charge in [-0.3, -0.25) is 0 Å². The zero-order valence-corrected chi connectivity index (χ0v) is 14.1. The highest BCUT2D eigenvalue weighted by molar-refractivity contribution is 5.89. The number of aromatic nitrogens is 1. The van der Waals surface area contributed by atoms with Crippen LogP contribution in [0.15, 0.2) is 42.6 Å². The molecule has 0 saturated carbocycles. The van der Waals surface area contributed by atoms with Crippen molar-refractivity contribution in [2.45, 2.75) is 20.0 Å². The molecule has 2 aromatic rings. The van der Waals surface area contributed by atoms with Crippen LogP contribution in [0.4, 0.5) is 5.82 Å². The van der Waals surface area contributed by atoms with Crippen LogP contribution in [-0.4, -0.2) is 37.3 Å². The van der Waals surface area contributed by atoms with Crippen molar-refractivity contribution in [3.05, 3.63) is 59.3 Å². The average molecular weight is 326 g/mol. The molecule has 126 valence electrons. The summed E-state index contributed by atoms with van der Waals surface area (Å²) in [6.07, 6.45) is 1.28. The van der Waals surface area contributed by atoms with Crippen molar-refractivity contribution in [3.63, 3.8) is 0 Å². The smallest absolute Gasteiger partial charge is 0.340 e. The van der Waals surface area contributed by atoms with Crippen molar-refractivity contribution in [3.8, 4) is 0 Å². The molecule has 1 fully saturated rings. The number of carbonyl (C=O) groups excluding carboxylic acids is 1. The first-order valence-electron chi connectivity index (χ1n) is 8.20. The minimum atomic E-state index is -0.357. The molecule has 5 heteroatoms. The molecular weight excluding hydrogens is 304 g/mol. The Hall–Kier alpha value is -2.40. The van der Waals surface area contributed by atoms with Crippen molar-refractivity contribution < 1.29 is 14.3 Å². The monoisotopic (exact) mass is 326 g/mol. The maximum atomic E-state index is 12.3. The number of morpholine rings is 1. The molecule has 1 aliphatic rings. The highest BCUT2D eigenvalue weighted by Crippen LogP contribution is 2.20. The first-order valence-corrected chi connectivity index (χ1v) is 8.20. The van der Waals surface area contributed by atoms with Crippen LogP contribution in [0.3, 0.4) is 0 Å². The Kier molecular flexibility index (Phi) is 5.11. The molecule has 0 radical (unpaired) electrons. The minimum Gasteiger partial charge on any atom is -0.454 e. The van der Waals surface area contributed by atoms with Gasteiger partial charge in [0.15, 0.2) is 0 Å². The van der Waals surface area contributed by atoms with Gasteiger partial charge in [0.2, 0.25) is 0 Å². The number of pyridine rings is 1. The summed E-state index contributed by atoms with van der Waals surface area (Å²) in [4.78, 5) is 18.8. The van der Waals surface area contributed by atoms with Crippen LogP contribution in [0.2, 0.25) is 0 Å². The first-order chi connectivity index (χ1) is 11.6. The van der Waals surface area contributed by atoms with E-state index in [1.807, 2.05) is 44.2 Å². The van der Waals surface area contributed by atoms with Gasteiger partial charge in [-0.2, -0.15) is 0 Å². The third kappa shape index (κ3) is 3.92. The zero-order chi connectivity index (χ0) is 16.9. The lowest BCUT2D eigenvalue weighted by Crippen LogP contribution is -2.36. The Labute approximate surface area is 142 Å². The van der Waals surface area contributed by atoms with E-state index in [4.69, 9.17) is 9.47 Å². The van der Waals surface area contributed by atoms with Crippen molar-refractivity contribution in [1.29, 1.82) is 0 Å². The van der Waals surface area contributed by atoms with E-state index in [1.165, 1.54) is 5.56 Å². The fraction of sp³-hybridized carbons (Fsp3) is 0.368. The van der Waals surface area contributed by atoms with Gasteiger partial charge >= 0.3 is 5.97 Å². The number of benzene rings is 1. The molecule has 0 N–H and O–H groups in total. The van der Waals surface area contributed by atoms with E-state index in [1.54, 1.807) is 12.3 Å². The number of ether oxygens (including phenoxy) is 2. The summed E-state index contributed by atoms with van der Waals surface area (Å²) < 4.78 is 10.9. The predicted octanol–water partition coefficient (Wildman–Crippen LogP) is 3.14. The number of carbonyl (C=O) groups is 1. The predicted molar refractivity (Wildman–Crippen MR) is 92.3 cm³/mol. The fourth-order valence-electron chi connectivity index (χ4n) is 2.62. The molecule has 1 aromatic carbocycles. The maximum absolute atomic E-state index is 12.3. The van der Waals surface area contributed by atoms with Crippen LogP contribution < -0.4 is 4.90 Å². The Morgan fingerprint density at radius 2 is 1.88 bits per heavy atom. The summed E-state index contributed by atoms with van der Waals surface area (Å²) in [7, 11) is 0. The standard InChI is InChI=1S/C19H22N2O3/c1-14-3-5-16(6-4-14)15(2)24-19(22)17-7-8-18(20-13-17)21-9-11-23-12-10-21/h3-8,13,15H,9-12H2,1-2H3/t15-/m1/s1. The molecule has 0 spiro atoms. The largest absolute Gasteiger partial charge is 0.454 e. The highest BCUT2D eigenvalue weighted by Gasteiger charge is 2.16. The van der Waals surface area contributed by atoms with E-state index < -0.39 is 0 Å². The van der Waals surface area contributed by atoms with Gasteiger partial charge in [-0.25, -0.2) is 9.78 Å². The van der Waals surface area contributed by atoms with Gasteiger partial charge in [0.1, 0.15) is 11.9 Å². The van der Waals surface area contributed by atoms with Crippen molar-refractivity contribution in [2.24, 2.45) is 0 Å². The summed E-state index contributed by atoms with van der Waals surface area (Å²) >= 11 is 0. The van der Waals surface area contributed by atoms with Crippen LogP contribution in [0.1, 0.15) is 34.5 Å². The molecule has 3 rings (SSSR count). The summed E-state index contributed by atoms with van der Waals surface area (Å²) in [5.41, 5.74) is 2.62. The van der Waals surface area contributed by atoms with E-state index in [2.05, 4.69) is 9.88 Å². The molecular formula is C19H22N2O3. The quantitative estimate of drug-likeness (QED) is 0.808. The molecule has 1 atom stereocenters. The van der Waals surface area contributed by atoms with Gasteiger partial charge in [0.05, 0.1) is 18.8 Å². The van der Waals surface area contributed by atoms with Crippen LogP contribution in [0.5, 0.6) is 0 Å². The summed E-state index contributed by atoms with van der Waals surface area (Å²) in [6.45, 7) is 6.96. The molecule has 5 nitrogen and oxygen atoms in total. The number of aryl methyl sites for hydroxylation is 1. The van der Waals surface area contributed by atoms with Gasteiger partial charge in [-0.05, 0) is 31.5 Å². The minimum absolute atomic E-state index is 0.294. The number of nitrogens with zero attached hydrogens (tertiary/aromatic N) is 2. The van der Waals surface area contributed by atoms with Gasteiger partial charge in [-0.15, -0.1) is 0 Å². The van der Waals surface area contributed by atoms with Crippen LogP contribution in [0.25, 0.3) is 0 Å². The van der Waals surface area contributed by atoms with E-state index in [-0.39, 0.29) is 12.1 Å². The zero-order valence-electron chi connectivity index (χ0n) is 14.1. The van der Waals surface area contributed by atoms with Crippen LogP contribution in [0, 0.1) is 6.92 Å². The number of hydrogen-bond acceptors (Lipinski definition) is 5. The molecule has 1 aliphatic heterocycles. The Morgan fingerprint density at radius 1 is 1.17 bits per heavy atom. The maximum Gasteiger partial charge on any atom is 0.340 e. The molecule has 0 aliphatic carbocycles. The van der Waals surface area contributed by atoms with Crippen molar-refractivity contribution in [1.82, 2.24) is 4.98 Å². The molecule has 1 saturated heterocycles. The normalized spacial score (nSPS) is 15.8. The second kappa shape index (κ2) is 7.45. The first kappa shape index (κ1) is 16.5. The average Bonchev–Trinajstić information content (AvgIpc) is 2.63. The van der Waals surface area contributed by atoms with Crippen molar-refractivity contribution in [2.75, 3.05) is 31.2 Å². The van der Waals surface area contributed by atoms with E-state index in [0.717, 1.165) is 24.5 Å². The second-order valence-electron chi connectivity index (χ2n) is 5.96. The molecule has 2 heterocycles. The Morgan fingerprint density at radius 3 is 2.50 bits per heavy atom. The van der Waals surface area contributed by atoms with Gasteiger partial charge in [0, 0.05) is 19.3 Å². The number of esters is 1. The van der Waals surface area contributed by atoms with Crippen LogP contribution >= 0.6 is 0 Å². The van der Waals surface area contributed by atoms with Crippen molar-refractivity contribution >= 4 is 11.8 Å². The summed E-state index contributed by atoms with van der Waals surface area (Å²) in [5, 5.41) is 0. The van der Waals surface area contributed by atoms with E-state index in [9.17, 15) is 4.79 Å². The molecule has 0 amide bonds. The number of anilines is 1. The summed E-state index contributed by atoms with van der Waals surface area (Å²) in [5.74, 6) is 0.505. The third-order valence-corrected chi connectivity index (χ3v) is 4.15. The van der Waals surface area contributed by atoms with Gasteiger partial charge in [0.25, 0.3) is 0 Å². The molecule has 24 heavy (non-hydrogen) atoms. The third-order valence-electron chi connectivity index (χ3n) is 4.15. The number of hydrogen-bond donors (Lipinski definition) is 0. The molecule has 1 aromatic heterocycles. The SMILES string of the molecule is Cc1ccc([C@@H](C)OC(=O)c2ccc(N3CCOCC3)nc2)cc1. The van der Waals surface area contributed by atoms with E-state index in [0.29, 0.717) is 18.8 Å². The lowest BCUT2D eigenvalue weighted by molar-refractivity contribution is 0.0337. The molecule has 0 unspecified atom stereocenters. The second-order valence-corrected chi connectivity index (χ2v) is 5.96. The Bertz CT molecular complexity index is 677. The van der Waals surface area contributed by atoms with Crippen LogP contribution in [-0.2, 0) is 9.47 Å². The molecule has 0 bridgehead atoms. The van der Waals surface area contributed by atoms with Gasteiger partial charge < -0.3 is 14.4 Å². The van der Waals surface area contributed by atoms with Gasteiger partial charge in [-0.1, -0.05) is 29.8 Å². The Balaban J connectivity index is 1.63. The lowest BCUT2D eigenvalue weighted by Gasteiger charge is -2.27. The fourth-order valence-corrected chi connectivity index (χ4v) is 2.62. The summed E-state index contributed by atoms with van der Waals surface area (Å²) in [6, 6.07) is 11.6.